The van der Waals surface area contributed by atoms with Crippen molar-refractivity contribution >= 4 is 12.0 Å². The van der Waals surface area contributed by atoms with Crippen LogP contribution in [0.25, 0.3) is 0 Å². The summed E-state index contributed by atoms with van der Waals surface area (Å²) in [6, 6.07) is -0.0689. The van der Waals surface area contributed by atoms with Crippen LogP contribution in [0, 0.1) is 11.3 Å². The highest BCUT2D eigenvalue weighted by Crippen LogP contribution is 2.38. The molecule has 1 atom stereocenters. The third-order valence-electron chi connectivity index (χ3n) is 5.16. The zero-order valence-corrected chi connectivity index (χ0v) is 13.6. The number of amides is 2. The van der Waals surface area contributed by atoms with E-state index in [1.54, 1.807) is 16.8 Å². The molecule has 1 saturated heterocycles. The fourth-order valence-corrected chi connectivity index (χ4v) is 2.60. The number of carbonyl (C=O) groups excluding carboxylic acids is 1. The van der Waals surface area contributed by atoms with Gasteiger partial charge in [0.25, 0.3) is 0 Å². The topological polar surface area (TPSA) is 60.9 Å². The van der Waals surface area contributed by atoms with E-state index >= 15 is 0 Å². The lowest BCUT2D eigenvalue weighted by Gasteiger charge is -2.38. The van der Waals surface area contributed by atoms with Gasteiger partial charge in [0.1, 0.15) is 0 Å². The first-order valence-electron chi connectivity index (χ1n) is 7.34. The lowest BCUT2D eigenvalue weighted by atomic mass is 9.76. The van der Waals surface area contributed by atoms with Crippen LogP contribution in [0.2, 0.25) is 0 Å². The molecule has 1 unspecified atom stereocenters. The Morgan fingerprint density at radius 1 is 1.40 bits per heavy atom. The van der Waals surface area contributed by atoms with Crippen LogP contribution in [0.3, 0.4) is 0 Å². The van der Waals surface area contributed by atoms with Crippen molar-refractivity contribution in [3.8, 4) is 0 Å². The summed E-state index contributed by atoms with van der Waals surface area (Å²) in [6.45, 7) is 10.8. The third-order valence-corrected chi connectivity index (χ3v) is 5.16. The molecule has 1 heterocycles. The molecule has 2 amide bonds. The van der Waals surface area contributed by atoms with Gasteiger partial charge in [-0.05, 0) is 32.6 Å². The summed E-state index contributed by atoms with van der Waals surface area (Å²) in [6.07, 6.45) is 1.39. The van der Waals surface area contributed by atoms with E-state index in [-0.39, 0.29) is 17.5 Å². The SMILES string of the molecule is CCC(C)(C)N(C)C(=O)N1CCC(C(=O)O)(C(C)C)C1. The van der Waals surface area contributed by atoms with E-state index in [4.69, 9.17) is 0 Å². The van der Waals surface area contributed by atoms with Crippen LogP contribution in [-0.4, -0.2) is 52.6 Å². The molecule has 1 rings (SSSR count). The number of hydrogen-bond donors (Lipinski definition) is 1. The van der Waals surface area contributed by atoms with Crippen LogP contribution in [-0.2, 0) is 4.79 Å². The Labute approximate surface area is 121 Å². The predicted octanol–water partition coefficient (Wildman–Crippen LogP) is 2.66. The number of nitrogens with zero attached hydrogens (tertiary/aromatic N) is 2. The molecule has 0 aliphatic carbocycles. The Hall–Kier alpha value is -1.26. The summed E-state index contributed by atoms with van der Waals surface area (Å²) >= 11 is 0. The molecule has 5 nitrogen and oxygen atoms in total. The van der Waals surface area contributed by atoms with Gasteiger partial charge in [-0.3, -0.25) is 4.79 Å². The maximum Gasteiger partial charge on any atom is 0.320 e. The van der Waals surface area contributed by atoms with Gasteiger partial charge >= 0.3 is 12.0 Å². The zero-order chi connectivity index (χ0) is 15.7. The normalized spacial score (nSPS) is 23.2. The number of aliphatic carboxylic acids is 1. The Balaban J connectivity index is 2.87. The van der Waals surface area contributed by atoms with E-state index in [9.17, 15) is 14.7 Å². The molecule has 116 valence electrons. The molecular weight excluding hydrogens is 256 g/mol. The molecule has 1 aliphatic rings. The zero-order valence-electron chi connectivity index (χ0n) is 13.6. The number of urea groups is 1. The summed E-state index contributed by atoms with van der Waals surface area (Å²) in [4.78, 5) is 27.6. The van der Waals surface area contributed by atoms with E-state index in [1.807, 2.05) is 34.6 Å². The van der Waals surface area contributed by atoms with Gasteiger partial charge in [-0.25, -0.2) is 4.79 Å². The van der Waals surface area contributed by atoms with Gasteiger partial charge < -0.3 is 14.9 Å². The van der Waals surface area contributed by atoms with Crippen molar-refractivity contribution in [1.82, 2.24) is 9.80 Å². The number of carboxylic acids is 1. The summed E-state index contributed by atoms with van der Waals surface area (Å²) < 4.78 is 0. The average molecular weight is 284 g/mol. The highest BCUT2D eigenvalue weighted by Gasteiger charge is 2.49. The van der Waals surface area contributed by atoms with Crippen LogP contribution < -0.4 is 0 Å². The van der Waals surface area contributed by atoms with Gasteiger partial charge in [0.2, 0.25) is 0 Å². The number of likely N-dealkylation sites (tertiary alicyclic amines) is 1. The minimum Gasteiger partial charge on any atom is -0.481 e. The van der Waals surface area contributed by atoms with Crippen molar-refractivity contribution < 1.29 is 14.7 Å². The summed E-state index contributed by atoms with van der Waals surface area (Å²) in [5.74, 6) is -0.775. The van der Waals surface area contributed by atoms with Crippen LogP contribution in [0.4, 0.5) is 4.79 Å². The Morgan fingerprint density at radius 3 is 2.30 bits per heavy atom. The second-order valence-corrected chi connectivity index (χ2v) is 6.80. The molecule has 1 aliphatic heterocycles. The monoisotopic (exact) mass is 284 g/mol. The van der Waals surface area contributed by atoms with Gasteiger partial charge in [0.05, 0.1) is 5.41 Å². The highest BCUT2D eigenvalue weighted by atomic mass is 16.4. The number of carboxylic acid groups (broad SMARTS) is 1. The van der Waals surface area contributed by atoms with Crippen molar-refractivity contribution in [2.75, 3.05) is 20.1 Å². The maximum absolute atomic E-state index is 12.5. The summed E-state index contributed by atoms with van der Waals surface area (Å²) in [5.41, 5.74) is -1.02. The van der Waals surface area contributed by atoms with Crippen molar-refractivity contribution in [3.63, 3.8) is 0 Å². The highest BCUT2D eigenvalue weighted by molar-refractivity contribution is 5.80. The molecule has 0 aromatic carbocycles. The molecule has 1 N–H and O–H groups in total. The van der Waals surface area contributed by atoms with Gasteiger partial charge in [-0.15, -0.1) is 0 Å². The van der Waals surface area contributed by atoms with Gasteiger partial charge in [0, 0.05) is 25.7 Å². The summed E-state index contributed by atoms with van der Waals surface area (Å²) in [7, 11) is 1.79. The molecule has 0 spiro atoms. The van der Waals surface area contributed by atoms with E-state index < -0.39 is 11.4 Å². The molecule has 1 fully saturated rings. The van der Waals surface area contributed by atoms with Crippen molar-refractivity contribution in [2.45, 2.75) is 53.0 Å². The molecule has 5 heteroatoms. The van der Waals surface area contributed by atoms with Crippen LogP contribution in [0.1, 0.15) is 47.5 Å². The largest absolute Gasteiger partial charge is 0.481 e. The molecule has 0 radical (unpaired) electrons. The fraction of sp³-hybridized carbons (Fsp3) is 0.867. The Morgan fingerprint density at radius 2 is 1.95 bits per heavy atom. The molecule has 0 bridgehead atoms. The second-order valence-electron chi connectivity index (χ2n) is 6.80. The first-order chi connectivity index (χ1) is 9.08. The van der Waals surface area contributed by atoms with Gasteiger partial charge in [-0.1, -0.05) is 20.8 Å². The smallest absolute Gasteiger partial charge is 0.320 e. The number of hydrogen-bond acceptors (Lipinski definition) is 2. The Kier molecular flexibility index (Phi) is 4.72. The first kappa shape index (κ1) is 16.8. The second kappa shape index (κ2) is 5.62. The third kappa shape index (κ3) is 2.76. The van der Waals surface area contributed by atoms with Gasteiger partial charge in [0.15, 0.2) is 0 Å². The Bertz CT molecular complexity index is 393. The lowest BCUT2D eigenvalue weighted by molar-refractivity contribution is -0.150. The van der Waals surface area contributed by atoms with E-state index in [0.717, 1.165) is 6.42 Å². The number of rotatable bonds is 4. The maximum atomic E-state index is 12.5. The van der Waals surface area contributed by atoms with Gasteiger partial charge in [-0.2, -0.15) is 0 Å². The number of carbonyl (C=O) groups is 2. The standard InChI is InChI=1S/C15H28N2O3/c1-7-14(4,5)16(6)13(20)17-9-8-15(10-17,11(2)3)12(18)19/h11H,7-10H2,1-6H3,(H,18,19). The fourth-order valence-electron chi connectivity index (χ4n) is 2.60. The molecule has 20 heavy (non-hydrogen) atoms. The van der Waals surface area contributed by atoms with Crippen molar-refractivity contribution in [1.29, 1.82) is 0 Å². The van der Waals surface area contributed by atoms with Crippen LogP contribution in [0.15, 0.2) is 0 Å². The van der Waals surface area contributed by atoms with Crippen LogP contribution in [0.5, 0.6) is 0 Å². The van der Waals surface area contributed by atoms with E-state index in [1.165, 1.54) is 0 Å². The van der Waals surface area contributed by atoms with Crippen molar-refractivity contribution in [2.24, 2.45) is 11.3 Å². The molecule has 0 saturated carbocycles. The average Bonchev–Trinajstić information content (AvgIpc) is 2.83. The lowest BCUT2D eigenvalue weighted by Crippen LogP contribution is -2.51. The first-order valence-corrected chi connectivity index (χ1v) is 7.34. The summed E-state index contributed by atoms with van der Waals surface area (Å²) in [5, 5.41) is 9.53. The van der Waals surface area contributed by atoms with E-state index in [2.05, 4.69) is 0 Å². The van der Waals surface area contributed by atoms with Crippen molar-refractivity contribution in [3.05, 3.63) is 0 Å². The quantitative estimate of drug-likeness (QED) is 0.863. The predicted molar refractivity (Wildman–Crippen MR) is 78.6 cm³/mol. The molecular formula is C15H28N2O3. The minimum absolute atomic E-state index is 0.0160. The van der Waals surface area contributed by atoms with Crippen LogP contribution >= 0.6 is 0 Å². The molecule has 0 aromatic rings. The van der Waals surface area contributed by atoms with E-state index in [0.29, 0.717) is 19.5 Å². The minimum atomic E-state index is -0.799. The molecule has 0 aromatic heterocycles.